The standard InChI is InChI=1S/C15H29N5.HI/c1-5-7-8-9-13(3)19-15(16-6-2)17-10-14-11-18-20(4)12-14;/h11-13H,5-10H2,1-4H3,(H2,16,17,19);1H. The number of unbranched alkanes of at least 4 members (excludes halogenated alkanes) is 2. The summed E-state index contributed by atoms with van der Waals surface area (Å²) in [5.74, 6) is 0.889. The van der Waals surface area contributed by atoms with Crippen molar-refractivity contribution in [1.82, 2.24) is 20.4 Å². The maximum atomic E-state index is 4.61. The van der Waals surface area contributed by atoms with E-state index >= 15 is 0 Å². The molecule has 1 atom stereocenters. The van der Waals surface area contributed by atoms with Gasteiger partial charge in [0.2, 0.25) is 0 Å². The summed E-state index contributed by atoms with van der Waals surface area (Å²) in [6.45, 7) is 8.07. The molecule has 0 saturated carbocycles. The minimum atomic E-state index is 0. The van der Waals surface area contributed by atoms with E-state index in [-0.39, 0.29) is 24.0 Å². The van der Waals surface area contributed by atoms with E-state index in [1.54, 1.807) is 4.68 Å². The molecule has 1 rings (SSSR count). The third-order valence-corrected chi connectivity index (χ3v) is 3.15. The molecule has 0 bridgehead atoms. The van der Waals surface area contributed by atoms with E-state index < -0.39 is 0 Å². The smallest absolute Gasteiger partial charge is 0.191 e. The van der Waals surface area contributed by atoms with Gasteiger partial charge in [0.1, 0.15) is 0 Å². The van der Waals surface area contributed by atoms with Gasteiger partial charge >= 0.3 is 0 Å². The predicted molar refractivity (Wildman–Crippen MR) is 100 cm³/mol. The topological polar surface area (TPSA) is 54.2 Å². The molecule has 1 heterocycles. The van der Waals surface area contributed by atoms with Crippen molar-refractivity contribution in [1.29, 1.82) is 0 Å². The van der Waals surface area contributed by atoms with Gasteiger partial charge < -0.3 is 10.6 Å². The highest BCUT2D eigenvalue weighted by molar-refractivity contribution is 14.0. The first-order valence-electron chi connectivity index (χ1n) is 7.68. The minimum absolute atomic E-state index is 0. The molecule has 0 spiro atoms. The van der Waals surface area contributed by atoms with Crippen LogP contribution in [-0.4, -0.2) is 28.3 Å². The molecule has 0 aliphatic carbocycles. The Bertz CT molecular complexity index is 403. The van der Waals surface area contributed by atoms with Crippen LogP contribution < -0.4 is 10.6 Å². The molecule has 5 nitrogen and oxygen atoms in total. The Kier molecular flexibility index (Phi) is 11.4. The van der Waals surface area contributed by atoms with Gasteiger partial charge in [0.15, 0.2) is 5.96 Å². The van der Waals surface area contributed by atoms with Gasteiger partial charge in [-0.05, 0) is 20.3 Å². The lowest BCUT2D eigenvalue weighted by Crippen LogP contribution is -2.42. The fraction of sp³-hybridized carbons (Fsp3) is 0.733. The van der Waals surface area contributed by atoms with E-state index in [9.17, 15) is 0 Å². The summed E-state index contributed by atoms with van der Waals surface area (Å²) in [5, 5.41) is 10.9. The number of nitrogens with zero attached hydrogens (tertiary/aromatic N) is 3. The quantitative estimate of drug-likeness (QED) is 0.302. The zero-order chi connectivity index (χ0) is 14.8. The lowest BCUT2D eigenvalue weighted by atomic mass is 10.1. The Morgan fingerprint density at radius 2 is 2.14 bits per heavy atom. The number of hydrogen-bond donors (Lipinski definition) is 2. The van der Waals surface area contributed by atoms with Crippen LogP contribution in [0.2, 0.25) is 0 Å². The normalized spacial score (nSPS) is 12.7. The van der Waals surface area contributed by atoms with Crippen molar-refractivity contribution in [2.45, 2.75) is 59.0 Å². The number of aliphatic imine (C=N–C) groups is 1. The number of aryl methyl sites for hydroxylation is 1. The van der Waals surface area contributed by atoms with Crippen molar-refractivity contribution in [3.05, 3.63) is 18.0 Å². The van der Waals surface area contributed by atoms with Crippen molar-refractivity contribution in [2.75, 3.05) is 6.54 Å². The largest absolute Gasteiger partial charge is 0.357 e. The Labute approximate surface area is 146 Å². The maximum Gasteiger partial charge on any atom is 0.191 e. The van der Waals surface area contributed by atoms with E-state index in [4.69, 9.17) is 0 Å². The number of rotatable bonds is 8. The third-order valence-electron chi connectivity index (χ3n) is 3.15. The van der Waals surface area contributed by atoms with Crippen molar-refractivity contribution in [3.8, 4) is 0 Å². The Hall–Kier alpha value is -0.790. The van der Waals surface area contributed by atoms with Crippen molar-refractivity contribution >= 4 is 29.9 Å². The minimum Gasteiger partial charge on any atom is -0.357 e. The van der Waals surface area contributed by atoms with Crippen LogP contribution in [-0.2, 0) is 13.6 Å². The molecule has 0 radical (unpaired) electrons. The highest BCUT2D eigenvalue weighted by atomic mass is 127. The van der Waals surface area contributed by atoms with Crippen LogP contribution in [0.15, 0.2) is 17.4 Å². The van der Waals surface area contributed by atoms with E-state index in [0.29, 0.717) is 12.6 Å². The molecule has 1 unspecified atom stereocenters. The molecule has 6 heteroatoms. The number of aromatic nitrogens is 2. The lowest BCUT2D eigenvalue weighted by Gasteiger charge is -2.17. The average Bonchev–Trinajstić information content (AvgIpc) is 2.82. The van der Waals surface area contributed by atoms with Crippen LogP contribution in [0.1, 0.15) is 52.0 Å². The summed E-state index contributed by atoms with van der Waals surface area (Å²) in [6, 6.07) is 0.452. The van der Waals surface area contributed by atoms with Crippen LogP contribution >= 0.6 is 24.0 Å². The van der Waals surface area contributed by atoms with Gasteiger partial charge in [0, 0.05) is 31.4 Å². The summed E-state index contributed by atoms with van der Waals surface area (Å²) in [5.41, 5.74) is 1.13. The number of halogens is 1. The first-order valence-corrected chi connectivity index (χ1v) is 7.68. The van der Waals surface area contributed by atoms with Crippen LogP contribution in [0.25, 0.3) is 0 Å². The van der Waals surface area contributed by atoms with Gasteiger partial charge in [-0.3, -0.25) is 4.68 Å². The molecular formula is C15H30IN5. The molecule has 122 valence electrons. The second kappa shape index (κ2) is 11.8. The molecular weight excluding hydrogens is 377 g/mol. The molecule has 0 fully saturated rings. The van der Waals surface area contributed by atoms with Gasteiger partial charge in [-0.1, -0.05) is 26.2 Å². The van der Waals surface area contributed by atoms with Crippen molar-refractivity contribution in [3.63, 3.8) is 0 Å². The monoisotopic (exact) mass is 407 g/mol. The predicted octanol–water partition coefficient (Wildman–Crippen LogP) is 3.06. The van der Waals surface area contributed by atoms with E-state index in [1.807, 2.05) is 19.4 Å². The molecule has 0 saturated heterocycles. The van der Waals surface area contributed by atoms with Crippen LogP contribution in [0, 0.1) is 0 Å². The van der Waals surface area contributed by atoms with Gasteiger partial charge in [0.25, 0.3) is 0 Å². The highest BCUT2D eigenvalue weighted by Gasteiger charge is 2.05. The fourth-order valence-electron chi connectivity index (χ4n) is 2.05. The van der Waals surface area contributed by atoms with E-state index in [1.165, 1.54) is 25.7 Å². The van der Waals surface area contributed by atoms with Crippen LogP contribution in [0.4, 0.5) is 0 Å². The zero-order valence-corrected chi connectivity index (χ0v) is 16.1. The average molecular weight is 407 g/mol. The van der Waals surface area contributed by atoms with Crippen LogP contribution in [0.5, 0.6) is 0 Å². The van der Waals surface area contributed by atoms with Gasteiger partial charge in [0.05, 0.1) is 12.7 Å². The maximum absolute atomic E-state index is 4.61. The second-order valence-electron chi connectivity index (χ2n) is 5.26. The second-order valence-corrected chi connectivity index (χ2v) is 5.26. The van der Waals surface area contributed by atoms with Crippen LogP contribution in [0.3, 0.4) is 0 Å². The Morgan fingerprint density at radius 1 is 1.38 bits per heavy atom. The Morgan fingerprint density at radius 3 is 2.71 bits per heavy atom. The summed E-state index contributed by atoms with van der Waals surface area (Å²) < 4.78 is 1.80. The van der Waals surface area contributed by atoms with E-state index in [2.05, 4.69) is 41.5 Å². The number of guanidine groups is 1. The van der Waals surface area contributed by atoms with Gasteiger partial charge in [-0.15, -0.1) is 24.0 Å². The molecule has 2 N–H and O–H groups in total. The number of nitrogens with one attached hydrogen (secondary N) is 2. The first kappa shape index (κ1) is 20.2. The zero-order valence-electron chi connectivity index (χ0n) is 13.7. The molecule has 0 aliphatic rings. The van der Waals surface area contributed by atoms with Crippen molar-refractivity contribution < 1.29 is 0 Å². The first-order chi connectivity index (χ1) is 9.65. The Balaban J connectivity index is 0.00000400. The molecule has 0 aromatic carbocycles. The lowest BCUT2D eigenvalue weighted by molar-refractivity contribution is 0.547. The van der Waals surface area contributed by atoms with Gasteiger partial charge in [-0.2, -0.15) is 5.10 Å². The summed E-state index contributed by atoms with van der Waals surface area (Å²) in [6.07, 6.45) is 8.88. The highest BCUT2D eigenvalue weighted by Crippen LogP contribution is 2.03. The summed E-state index contributed by atoms with van der Waals surface area (Å²) in [4.78, 5) is 4.61. The van der Waals surface area contributed by atoms with Gasteiger partial charge in [-0.25, -0.2) is 4.99 Å². The SMILES string of the molecule is CCCCCC(C)NC(=NCc1cnn(C)c1)NCC.I. The van der Waals surface area contributed by atoms with E-state index in [0.717, 1.165) is 18.1 Å². The third kappa shape index (κ3) is 8.95. The fourth-order valence-corrected chi connectivity index (χ4v) is 2.05. The summed E-state index contributed by atoms with van der Waals surface area (Å²) >= 11 is 0. The molecule has 0 aliphatic heterocycles. The summed E-state index contributed by atoms with van der Waals surface area (Å²) in [7, 11) is 1.92. The molecule has 0 amide bonds. The molecule has 1 aromatic rings. The number of hydrogen-bond acceptors (Lipinski definition) is 2. The molecule has 21 heavy (non-hydrogen) atoms. The van der Waals surface area contributed by atoms with Crippen molar-refractivity contribution in [2.24, 2.45) is 12.0 Å². The molecule has 1 aromatic heterocycles.